The number of hydrogen-bond acceptors (Lipinski definition) is 2. The zero-order valence-corrected chi connectivity index (χ0v) is 8.18. The molecule has 2 aliphatic rings. The third-order valence-corrected chi connectivity index (χ3v) is 3.36. The normalized spacial score (nSPS) is 29.2. The highest BCUT2D eigenvalue weighted by atomic mass is 16.5. The molecule has 1 aliphatic heterocycles. The maximum atomic E-state index is 5.57. The molecule has 0 atom stereocenters. The summed E-state index contributed by atoms with van der Waals surface area (Å²) in [7, 11) is 0. The number of morpholine rings is 1. The van der Waals surface area contributed by atoms with Crippen molar-refractivity contribution in [1.29, 1.82) is 0 Å². The Kier molecular flexibility index (Phi) is 2.13. The molecule has 0 unspecified atom stereocenters. The summed E-state index contributed by atoms with van der Waals surface area (Å²) in [6.45, 7) is 7.64. The molecule has 0 aromatic rings. The van der Waals surface area contributed by atoms with Gasteiger partial charge in [-0.05, 0) is 33.1 Å². The number of rotatable bonds is 1. The summed E-state index contributed by atoms with van der Waals surface area (Å²) in [5.41, 5.74) is 0.451. The van der Waals surface area contributed by atoms with Crippen molar-refractivity contribution in [2.75, 3.05) is 19.8 Å². The summed E-state index contributed by atoms with van der Waals surface area (Å²) in [4.78, 5) is 2.64. The fraction of sp³-hybridized carbons (Fsp3) is 1.00. The van der Waals surface area contributed by atoms with Crippen LogP contribution in [-0.4, -0.2) is 36.2 Å². The predicted octanol–water partition coefficient (Wildman–Crippen LogP) is 1.65. The van der Waals surface area contributed by atoms with Gasteiger partial charge < -0.3 is 4.74 Å². The van der Waals surface area contributed by atoms with E-state index in [-0.39, 0.29) is 0 Å². The Morgan fingerprint density at radius 2 is 2.08 bits per heavy atom. The summed E-state index contributed by atoms with van der Waals surface area (Å²) in [6.07, 6.45) is 4.10. The van der Waals surface area contributed by atoms with Crippen LogP contribution in [0.25, 0.3) is 0 Å². The van der Waals surface area contributed by atoms with Gasteiger partial charge in [0, 0.05) is 18.1 Å². The van der Waals surface area contributed by atoms with Gasteiger partial charge in [0.2, 0.25) is 0 Å². The summed E-state index contributed by atoms with van der Waals surface area (Å²) < 4.78 is 5.57. The molecular formula is C10H19NO. The number of hydrogen-bond donors (Lipinski definition) is 0. The van der Waals surface area contributed by atoms with Crippen LogP contribution in [0.5, 0.6) is 0 Å². The number of nitrogens with zero attached hydrogens (tertiary/aromatic N) is 1. The van der Waals surface area contributed by atoms with E-state index in [1.807, 2.05) is 0 Å². The van der Waals surface area contributed by atoms with Gasteiger partial charge in [0.1, 0.15) is 0 Å². The van der Waals surface area contributed by atoms with Crippen molar-refractivity contribution >= 4 is 0 Å². The lowest BCUT2D eigenvalue weighted by molar-refractivity contribution is -0.119. The standard InChI is InChI=1S/C10H19NO/c1-9(2)11-6-7-12-8-10(11)4-3-5-10/h9H,3-8H2,1-2H3. The molecule has 1 spiro atoms. The summed E-state index contributed by atoms with van der Waals surface area (Å²) in [6, 6.07) is 0.689. The van der Waals surface area contributed by atoms with Gasteiger partial charge in [0.15, 0.2) is 0 Å². The van der Waals surface area contributed by atoms with Crippen molar-refractivity contribution in [3.8, 4) is 0 Å². The van der Waals surface area contributed by atoms with Crippen LogP contribution in [0, 0.1) is 0 Å². The van der Waals surface area contributed by atoms with Gasteiger partial charge in [0.25, 0.3) is 0 Å². The van der Waals surface area contributed by atoms with Crippen LogP contribution >= 0.6 is 0 Å². The van der Waals surface area contributed by atoms with E-state index in [1.165, 1.54) is 19.3 Å². The molecule has 2 rings (SSSR count). The van der Waals surface area contributed by atoms with Gasteiger partial charge in [-0.2, -0.15) is 0 Å². The minimum atomic E-state index is 0.451. The minimum Gasteiger partial charge on any atom is -0.378 e. The SMILES string of the molecule is CC(C)N1CCOCC12CCC2. The molecular weight excluding hydrogens is 150 g/mol. The first-order chi connectivity index (χ1) is 5.75. The lowest BCUT2D eigenvalue weighted by Crippen LogP contribution is -2.62. The van der Waals surface area contributed by atoms with Crippen molar-refractivity contribution in [3.63, 3.8) is 0 Å². The maximum absolute atomic E-state index is 5.57. The van der Waals surface area contributed by atoms with E-state index in [0.29, 0.717) is 11.6 Å². The minimum absolute atomic E-state index is 0.451. The molecule has 70 valence electrons. The molecule has 1 saturated carbocycles. The third kappa shape index (κ3) is 1.17. The van der Waals surface area contributed by atoms with E-state index in [2.05, 4.69) is 18.7 Å². The first kappa shape index (κ1) is 8.52. The van der Waals surface area contributed by atoms with Gasteiger partial charge >= 0.3 is 0 Å². The second-order valence-electron chi connectivity index (χ2n) is 4.42. The van der Waals surface area contributed by atoms with E-state index in [1.54, 1.807) is 0 Å². The van der Waals surface area contributed by atoms with Crippen molar-refractivity contribution in [2.45, 2.75) is 44.7 Å². The zero-order valence-electron chi connectivity index (χ0n) is 8.18. The monoisotopic (exact) mass is 169 g/mol. The highest BCUT2D eigenvalue weighted by Gasteiger charge is 2.45. The number of ether oxygens (including phenoxy) is 1. The lowest BCUT2D eigenvalue weighted by Gasteiger charge is -2.54. The first-order valence-electron chi connectivity index (χ1n) is 5.09. The molecule has 1 saturated heterocycles. The Morgan fingerprint density at radius 3 is 2.50 bits per heavy atom. The molecule has 2 fully saturated rings. The van der Waals surface area contributed by atoms with Crippen LogP contribution in [-0.2, 0) is 4.74 Å². The Morgan fingerprint density at radius 1 is 1.33 bits per heavy atom. The molecule has 12 heavy (non-hydrogen) atoms. The highest BCUT2D eigenvalue weighted by Crippen LogP contribution is 2.40. The average Bonchev–Trinajstić information content (AvgIpc) is 2.01. The Labute approximate surface area is 74.9 Å². The summed E-state index contributed by atoms with van der Waals surface area (Å²) in [5.74, 6) is 0. The highest BCUT2D eigenvalue weighted by molar-refractivity contribution is 5.00. The van der Waals surface area contributed by atoms with Crippen LogP contribution in [0.1, 0.15) is 33.1 Å². The van der Waals surface area contributed by atoms with Crippen molar-refractivity contribution in [3.05, 3.63) is 0 Å². The molecule has 0 aromatic carbocycles. The third-order valence-electron chi connectivity index (χ3n) is 3.36. The van der Waals surface area contributed by atoms with E-state index in [9.17, 15) is 0 Å². The van der Waals surface area contributed by atoms with Crippen molar-refractivity contribution in [2.24, 2.45) is 0 Å². The first-order valence-corrected chi connectivity index (χ1v) is 5.09. The Bertz CT molecular complexity index is 163. The van der Waals surface area contributed by atoms with E-state index < -0.39 is 0 Å². The van der Waals surface area contributed by atoms with Crippen molar-refractivity contribution < 1.29 is 4.74 Å². The van der Waals surface area contributed by atoms with E-state index >= 15 is 0 Å². The molecule has 1 aliphatic carbocycles. The average molecular weight is 169 g/mol. The van der Waals surface area contributed by atoms with Crippen LogP contribution in [0.15, 0.2) is 0 Å². The maximum Gasteiger partial charge on any atom is 0.0651 e. The molecule has 0 amide bonds. The van der Waals surface area contributed by atoms with Crippen LogP contribution in [0.2, 0.25) is 0 Å². The van der Waals surface area contributed by atoms with Gasteiger partial charge in [-0.15, -0.1) is 0 Å². The Hall–Kier alpha value is -0.0800. The molecule has 1 heterocycles. The zero-order chi connectivity index (χ0) is 8.60. The molecule has 2 heteroatoms. The molecule has 0 N–H and O–H groups in total. The topological polar surface area (TPSA) is 12.5 Å². The second kappa shape index (κ2) is 3.00. The van der Waals surface area contributed by atoms with Gasteiger partial charge in [-0.3, -0.25) is 4.90 Å². The van der Waals surface area contributed by atoms with Crippen molar-refractivity contribution in [1.82, 2.24) is 4.90 Å². The van der Waals surface area contributed by atoms with Crippen LogP contribution in [0.4, 0.5) is 0 Å². The summed E-state index contributed by atoms with van der Waals surface area (Å²) >= 11 is 0. The van der Waals surface area contributed by atoms with E-state index in [0.717, 1.165) is 19.8 Å². The predicted molar refractivity (Wildman–Crippen MR) is 49.2 cm³/mol. The molecule has 2 nitrogen and oxygen atoms in total. The fourth-order valence-electron chi connectivity index (χ4n) is 2.57. The van der Waals surface area contributed by atoms with Crippen LogP contribution < -0.4 is 0 Å². The fourth-order valence-corrected chi connectivity index (χ4v) is 2.57. The molecule has 0 bridgehead atoms. The van der Waals surface area contributed by atoms with Gasteiger partial charge in [-0.25, -0.2) is 0 Å². The van der Waals surface area contributed by atoms with Gasteiger partial charge in [-0.1, -0.05) is 0 Å². The molecule has 0 radical (unpaired) electrons. The summed E-state index contributed by atoms with van der Waals surface area (Å²) in [5, 5.41) is 0. The van der Waals surface area contributed by atoms with Gasteiger partial charge in [0.05, 0.1) is 13.2 Å². The second-order valence-corrected chi connectivity index (χ2v) is 4.42. The van der Waals surface area contributed by atoms with E-state index in [4.69, 9.17) is 4.74 Å². The smallest absolute Gasteiger partial charge is 0.0651 e. The lowest BCUT2D eigenvalue weighted by atomic mass is 9.74. The van der Waals surface area contributed by atoms with Crippen LogP contribution in [0.3, 0.4) is 0 Å². The largest absolute Gasteiger partial charge is 0.378 e. The quantitative estimate of drug-likeness (QED) is 0.592. The molecule has 0 aromatic heterocycles. The Balaban J connectivity index is 2.06.